The Morgan fingerprint density at radius 3 is 2.28 bits per heavy atom. The number of phenolic OH excluding ortho intramolecular Hbond substituents is 2. The maximum absolute atomic E-state index is 15.1. The minimum atomic E-state index is -3.29. The molecule has 3 aliphatic carbocycles. The Bertz CT molecular complexity index is 2330. The number of esters is 1. The summed E-state index contributed by atoms with van der Waals surface area (Å²) >= 11 is 0. The Kier molecular flexibility index (Phi) is 10.9. The van der Waals surface area contributed by atoms with E-state index in [-0.39, 0.29) is 23.2 Å². The van der Waals surface area contributed by atoms with Crippen LogP contribution in [0.2, 0.25) is 0 Å². The normalized spacial score (nSPS) is 31.4. The molecule has 5 unspecified atom stereocenters. The van der Waals surface area contributed by atoms with Gasteiger partial charge in [0.25, 0.3) is 0 Å². The molecule has 1 aliphatic heterocycles. The van der Waals surface area contributed by atoms with E-state index in [1.165, 1.54) is 39.5 Å². The lowest BCUT2D eigenvalue weighted by atomic mass is 9.56. The van der Waals surface area contributed by atoms with Gasteiger partial charge in [0.15, 0.2) is 23.2 Å². The molecule has 1 fully saturated rings. The molecule has 8 N–H and O–H groups in total. The van der Waals surface area contributed by atoms with Gasteiger partial charge in [-0.3, -0.25) is 14.4 Å². The summed E-state index contributed by atoms with van der Waals surface area (Å²) < 4.78 is 33.2. The highest BCUT2D eigenvalue weighted by Crippen LogP contribution is 2.57. The largest absolute Gasteiger partial charge is 0.507 e. The number of ketones is 3. The van der Waals surface area contributed by atoms with Crippen molar-refractivity contribution in [2.24, 2.45) is 0 Å². The van der Waals surface area contributed by atoms with Crippen LogP contribution in [0.25, 0.3) is 0 Å². The second kappa shape index (κ2) is 15.2. The Morgan fingerprint density at radius 1 is 0.983 bits per heavy atom. The maximum Gasteiger partial charge on any atom is 0.341 e. The quantitative estimate of drug-likeness (QED) is 0.129. The number of fused-ring (bicyclic) bond motifs is 5. The second-order valence-corrected chi connectivity index (χ2v) is 15.8. The summed E-state index contributed by atoms with van der Waals surface area (Å²) in [6, 6.07) is 3.82. The number of phenols is 2. The van der Waals surface area contributed by atoms with E-state index < -0.39 is 141 Å². The van der Waals surface area contributed by atoms with Crippen LogP contribution >= 0.6 is 0 Å². The third-order valence-corrected chi connectivity index (χ3v) is 12.2. The number of benzene rings is 2. The summed E-state index contributed by atoms with van der Waals surface area (Å²) in [5.41, 5.74) is -12.2. The Labute approximate surface area is 342 Å². The van der Waals surface area contributed by atoms with Gasteiger partial charge in [-0.1, -0.05) is 6.07 Å². The van der Waals surface area contributed by atoms with Crippen molar-refractivity contribution in [1.82, 2.24) is 5.32 Å². The number of Topliss-reactive ketones (excluding diaryl/α,β-unsaturated/α-hetero) is 2. The van der Waals surface area contributed by atoms with Crippen molar-refractivity contribution in [2.75, 3.05) is 28.4 Å². The Hall–Kier alpha value is -5.02. The van der Waals surface area contributed by atoms with Gasteiger partial charge in [0.2, 0.25) is 11.6 Å². The van der Waals surface area contributed by atoms with E-state index in [1.54, 1.807) is 13.8 Å². The van der Waals surface area contributed by atoms with Gasteiger partial charge in [-0.2, -0.15) is 0 Å². The number of nitrogens with one attached hydrogen (secondary N) is 1. The van der Waals surface area contributed by atoms with Crippen molar-refractivity contribution in [3.63, 3.8) is 0 Å². The molecule has 4 aliphatic rings. The standard InChI is InChI=1S/C42H47NO17/c1-16-8-20-11-26(46)42(58-7)37(51)28-22(36(50)41(42,54)30(20)32(48)27(16)39(52)57-6)12-23-29(31(28)47)24(45)13-25(40(23,53)14-19-10-21(59-15-19)9-17(2)44)43-38-35(56-5)33(49)34(55-4)18(3)60-38/h8,10,12-13,15,17-18,26,33-35,38,43-44,46-49,53-54H,9,11,14H2,1-7H3/t17?,18-,26?,33+,34-,35+,38-,40?,41?,42?/m0/s1. The summed E-state index contributed by atoms with van der Waals surface area (Å²) in [7, 11) is 4.65. The van der Waals surface area contributed by atoms with Gasteiger partial charge < -0.3 is 69.2 Å². The predicted octanol–water partition coefficient (Wildman–Crippen LogP) is 0.514. The molecule has 0 saturated carbocycles. The third-order valence-electron chi connectivity index (χ3n) is 12.2. The number of aromatic hydroxyl groups is 2. The van der Waals surface area contributed by atoms with Crippen LogP contribution in [-0.4, -0.2) is 136 Å². The molecule has 60 heavy (non-hydrogen) atoms. The highest BCUT2D eigenvalue weighted by atomic mass is 16.6. The van der Waals surface area contributed by atoms with E-state index in [9.17, 15) is 50.1 Å². The lowest BCUT2D eigenvalue weighted by Gasteiger charge is -2.53. The molecule has 2 aromatic carbocycles. The Balaban J connectivity index is 1.46. The van der Waals surface area contributed by atoms with Gasteiger partial charge >= 0.3 is 5.97 Å². The number of aliphatic hydroxyl groups excluding tert-OH is 3. The number of methoxy groups -OCH3 is 4. The van der Waals surface area contributed by atoms with Crippen molar-refractivity contribution >= 4 is 23.3 Å². The average Bonchev–Trinajstić information content (AvgIpc) is 3.61. The number of rotatable bonds is 10. The average molecular weight is 838 g/mol. The fourth-order valence-corrected chi connectivity index (χ4v) is 9.51. The molecule has 0 spiro atoms. The molecule has 0 bridgehead atoms. The van der Waals surface area contributed by atoms with Crippen LogP contribution in [0, 0.1) is 6.92 Å². The lowest BCUT2D eigenvalue weighted by molar-refractivity contribution is -0.237. The Morgan fingerprint density at radius 2 is 1.67 bits per heavy atom. The molecule has 2 heterocycles. The highest BCUT2D eigenvalue weighted by Gasteiger charge is 2.73. The lowest BCUT2D eigenvalue weighted by Crippen LogP contribution is -2.73. The molecular formula is C42H47NO17. The van der Waals surface area contributed by atoms with Gasteiger partial charge in [-0.15, -0.1) is 0 Å². The van der Waals surface area contributed by atoms with Gasteiger partial charge in [0.1, 0.15) is 46.7 Å². The van der Waals surface area contributed by atoms with Crippen molar-refractivity contribution in [3.05, 3.63) is 92.1 Å². The maximum atomic E-state index is 15.1. The molecule has 3 aromatic rings. The topological polar surface area (TPSA) is 281 Å². The number of allylic oxidation sites excluding steroid dienone is 1. The van der Waals surface area contributed by atoms with Crippen LogP contribution in [0.5, 0.6) is 11.5 Å². The summed E-state index contributed by atoms with van der Waals surface area (Å²) in [5, 5.41) is 85.4. The highest BCUT2D eigenvalue weighted by molar-refractivity contribution is 6.26. The summed E-state index contributed by atoms with van der Waals surface area (Å²) in [6.45, 7) is 4.62. The first-order valence-electron chi connectivity index (χ1n) is 19.1. The fraction of sp³-hybridized carbons (Fsp3) is 0.476. The molecule has 18 nitrogen and oxygen atoms in total. The molecule has 10 atom stereocenters. The van der Waals surface area contributed by atoms with Crippen molar-refractivity contribution in [2.45, 2.75) is 99.7 Å². The molecule has 322 valence electrons. The zero-order chi connectivity index (χ0) is 44.0. The first-order chi connectivity index (χ1) is 28.3. The smallest absolute Gasteiger partial charge is 0.341 e. The zero-order valence-electron chi connectivity index (χ0n) is 33.8. The second-order valence-electron chi connectivity index (χ2n) is 15.8. The third kappa shape index (κ3) is 5.96. The van der Waals surface area contributed by atoms with E-state index in [1.807, 2.05) is 0 Å². The number of hydrogen-bond acceptors (Lipinski definition) is 18. The van der Waals surface area contributed by atoms with Crippen LogP contribution < -0.4 is 5.32 Å². The summed E-state index contributed by atoms with van der Waals surface area (Å²) in [6.07, 6.45) is -6.64. The number of carbonyl (C=O) groups excluding carboxylic acids is 4. The van der Waals surface area contributed by atoms with Gasteiger partial charge in [-0.05, 0) is 49.6 Å². The van der Waals surface area contributed by atoms with E-state index in [0.717, 1.165) is 26.4 Å². The number of furan rings is 1. The number of ether oxygens (including phenoxy) is 5. The number of hydrogen-bond donors (Lipinski definition) is 8. The van der Waals surface area contributed by atoms with E-state index >= 15 is 4.79 Å². The van der Waals surface area contributed by atoms with E-state index in [0.29, 0.717) is 11.3 Å². The molecule has 1 saturated heterocycles. The molecular weight excluding hydrogens is 790 g/mol. The van der Waals surface area contributed by atoms with E-state index in [4.69, 9.17) is 28.1 Å². The van der Waals surface area contributed by atoms with Gasteiger partial charge in [0.05, 0.1) is 48.5 Å². The minimum absolute atomic E-state index is 0.0199. The van der Waals surface area contributed by atoms with Crippen LogP contribution in [0.4, 0.5) is 0 Å². The molecule has 18 heteroatoms. The first kappa shape index (κ1) is 43.1. The van der Waals surface area contributed by atoms with Gasteiger partial charge in [-0.25, -0.2) is 4.79 Å². The summed E-state index contributed by atoms with van der Waals surface area (Å²) in [4.78, 5) is 57.1. The van der Waals surface area contributed by atoms with Crippen LogP contribution in [0.3, 0.4) is 0 Å². The molecule has 0 amide bonds. The minimum Gasteiger partial charge on any atom is -0.507 e. The monoisotopic (exact) mass is 837 g/mol. The van der Waals surface area contributed by atoms with Crippen molar-refractivity contribution < 1.29 is 83.0 Å². The van der Waals surface area contributed by atoms with Crippen LogP contribution in [0.1, 0.15) is 88.9 Å². The number of carbonyl (C=O) groups is 4. The van der Waals surface area contributed by atoms with Crippen molar-refractivity contribution in [3.8, 4) is 11.5 Å². The predicted molar refractivity (Wildman–Crippen MR) is 203 cm³/mol. The fourth-order valence-electron chi connectivity index (χ4n) is 9.51. The molecule has 1 aromatic heterocycles. The molecule has 0 radical (unpaired) electrons. The van der Waals surface area contributed by atoms with Crippen molar-refractivity contribution in [1.29, 1.82) is 0 Å². The SMILES string of the molecule is COC(=O)c1c(C)cc2c(c1O)C1(O)C(=O)c3cc4c(c(O)c3C(=O)C1(OC)C(O)C2)C(=O)C=C(N[C@H]1O[C@@H](C)[C@H](OC)[C@@H](O)[C@H]1OC)C4(O)Cc1coc(CC(C)O)c1. The zero-order valence-corrected chi connectivity index (χ0v) is 33.8. The summed E-state index contributed by atoms with van der Waals surface area (Å²) in [5.74, 6) is -6.46. The number of aliphatic hydroxyl groups is 5. The molecule has 7 rings (SSSR count). The van der Waals surface area contributed by atoms with Crippen LogP contribution in [-0.2, 0) is 54.1 Å². The van der Waals surface area contributed by atoms with Crippen LogP contribution in [0.15, 0.2) is 40.7 Å². The van der Waals surface area contributed by atoms with E-state index in [2.05, 4.69) is 5.32 Å². The first-order valence-corrected chi connectivity index (χ1v) is 19.1. The van der Waals surface area contributed by atoms with Gasteiger partial charge in [0, 0.05) is 63.4 Å². The number of aryl methyl sites for hydroxylation is 1.